The first-order chi connectivity index (χ1) is 10.0. The largest absolute Gasteiger partial charge is 0.382 e. The zero-order chi connectivity index (χ0) is 15.4. The van der Waals surface area contributed by atoms with Crippen molar-refractivity contribution in [3.05, 3.63) is 33.9 Å². The molecule has 21 heavy (non-hydrogen) atoms. The van der Waals surface area contributed by atoms with E-state index in [9.17, 15) is 10.1 Å². The Labute approximate surface area is 125 Å². The lowest BCUT2D eigenvalue weighted by Crippen LogP contribution is -2.36. The summed E-state index contributed by atoms with van der Waals surface area (Å²) in [6.45, 7) is 2.86. The van der Waals surface area contributed by atoms with E-state index in [0.717, 1.165) is 18.7 Å². The minimum atomic E-state index is -0.333. The van der Waals surface area contributed by atoms with E-state index in [1.165, 1.54) is 12.8 Å². The first-order valence-corrected chi connectivity index (χ1v) is 7.35. The van der Waals surface area contributed by atoms with Gasteiger partial charge >= 0.3 is 0 Å². The Morgan fingerprint density at radius 2 is 2.29 bits per heavy atom. The quantitative estimate of drug-likeness (QED) is 0.643. The van der Waals surface area contributed by atoms with Crippen molar-refractivity contribution >= 4 is 11.4 Å². The summed E-state index contributed by atoms with van der Waals surface area (Å²) in [7, 11) is 5.97. The Hall–Kier alpha value is -1.66. The van der Waals surface area contributed by atoms with E-state index in [-0.39, 0.29) is 10.6 Å². The van der Waals surface area contributed by atoms with E-state index in [1.807, 2.05) is 6.07 Å². The molecule has 0 spiro atoms. The Morgan fingerprint density at radius 3 is 2.86 bits per heavy atom. The number of nitro groups is 1. The molecule has 1 N–H and O–H groups in total. The van der Waals surface area contributed by atoms with E-state index in [4.69, 9.17) is 0 Å². The molecule has 0 radical (unpaired) electrons. The maximum Gasteiger partial charge on any atom is 0.292 e. The number of benzene rings is 1. The minimum absolute atomic E-state index is 0.140. The summed E-state index contributed by atoms with van der Waals surface area (Å²) >= 11 is 0. The molecular weight excluding hydrogens is 268 g/mol. The maximum atomic E-state index is 11.1. The molecule has 6 heteroatoms. The number of rotatable bonds is 6. The summed E-state index contributed by atoms with van der Waals surface area (Å²) in [5.41, 5.74) is 1.73. The van der Waals surface area contributed by atoms with Crippen LogP contribution in [0.4, 0.5) is 11.4 Å². The highest BCUT2D eigenvalue weighted by Gasteiger charge is 2.23. The van der Waals surface area contributed by atoms with Gasteiger partial charge < -0.3 is 15.1 Å². The first kappa shape index (κ1) is 15.7. The lowest BCUT2D eigenvalue weighted by Gasteiger charge is -2.26. The van der Waals surface area contributed by atoms with Gasteiger partial charge in [-0.15, -0.1) is 0 Å². The van der Waals surface area contributed by atoms with Gasteiger partial charge in [0.05, 0.1) is 4.92 Å². The average molecular weight is 292 g/mol. The molecule has 0 bridgehead atoms. The van der Waals surface area contributed by atoms with E-state index in [1.54, 1.807) is 19.2 Å². The summed E-state index contributed by atoms with van der Waals surface area (Å²) in [4.78, 5) is 15.4. The number of nitro benzene ring substituents is 1. The van der Waals surface area contributed by atoms with Gasteiger partial charge in [0.25, 0.3) is 5.69 Å². The summed E-state index contributed by atoms with van der Waals surface area (Å²) < 4.78 is 0. The molecule has 1 aliphatic rings. The number of nitrogens with one attached hydrogen (secondary N) is 1. The van der Waals surface area contributed by atoms with Crippen LogP contribution in [0.2, 0.25) is 0 Å². The van der Waals surface area contributed by atoms with Gasteiger partial charge in [-0.1, -0.05) is 12.1 Å². The molecule has 1 heterocycles. The van der Waals surface area contributed by atoms with Crippen molar-refractivity contribution in [2.45, 2.75) is 25.4 Å². The van der Waals surface area contributed by atoms with Crippen LogP contribution in [0, 0.1) is 10.1 Å². The Kier molecular flexibility index (Phi) is 5.14. The number of likely N-dealkylation sites (tertiary alicyclic amines) is 1. The highest BCUT2D eigenvalue weighted by atomic mass is 16.6. The second kappa shape index (κ2) is 6.87. The monoisotopic (exact) mass is 292 g/mol. The third-order valence-corrected chi connectivity index (χ3v) is 4.21. The molecule has 1 fully saturated rings. The molecule has 0 aromatic heterocycles. The Morgan fingerprint density at radius 1 is 1.52 bits per heavy atom. The summed E-state index contributed by atoms with van der Waals surface area (Å²) in [6, 6.07) is 5.84. The van der Waals surface area contributed by atoms with Gasteiger partial charge in [-0.05, 0) is 39.0 Å². The summed E-state index contributed by atoms with van der Waals surface area (Å²) in [6.07, 6.45) is 2.49. The second-order valence-electron chi connectivity index (χ2n) is 5.79. The molecule has 1 aromatic carbocycles. The van der Waals surface area contributed by atoms with Gasteiger partial charge in [-0.3, -0.25) is 10.1 Å². The van der Waals surface area contributed by atoms with E-state index < -0.39 is 0 Å². The molecule has 0 aliphatic carbocycles. The highest BCUT2D eigenvalue weighted by molar-refractivity contribution is 5.66. The number of hydrogen-bond donors (Lipinski definition) is 1. The van der Waals surface area contributed by atoms with E-state index >= 15 is 0 Å². The Bertz CT molecular complexity index is 506. The number of anilines is 1. The number of likely N-dealkylation sites (N-methyl/N-ethyl adjacent to an activating group) is 2. The third-order valence-electron chi connectivity index (χ3n) is 4.21. The third kappa shape index (κ3) is 3.71. The first-order valence-electron chi connectivity index (χ1n) is 7.35. The molecule has 2 rings (SSSR count). The van der Waals surface area contributed by atoms with Gasteiger partial charge in [0.15, 0.2) is 0 Å². The smallest absolute Gasteiger partial charge is 0.292 e. The predicted molar refractivity (Wildman–Crippen MR) is 84.6 cm³/mol. The molecule has 1 unspecified atom stereocenters. The van der Waals surface area contributed by atoms with Crippen LogP contribution in [0.5, 0.6) is 0 Å². The van der Waals surface area contributed by atoms with Crippen LogP contribution in [-0.2, 0) is 6.54 Å². The lowest BCUT2D eigenvalue weighted by molar-refractivity contribution is -0.384. The summed E-state index contributed by atoms with van der Waals surface area (Å²) in [5.74, 6) is 0. The molecular formula is C15H24N4O2. The minimum Gasteiger partial charge on any atom is -0.382 e. The molecule has 6 nitrogen and oxygen atoms in total. The maximum absolute atomic E-state index is 11.1. The Balaban J connectivity index is 2.08. The van der Waals surface area contributed by atoms with Crippen molar-refractivity contribution in [2.75, 3.05) is 39.5 Å². The number of para-hydroxylation sites is 1. The summed E-state index contributed by atoms with van der Waals surface area (Å²) in [5, 5.41) is 14.1. The number of nitrogens with zero attached hydrogens (tertiary/aromatic N) is 3. The standard InChI is InChI=1S/C15H24N4O2/c1-16-15-12(6-4-8-14(15)19(20)21)10-17(2)11-13-7-5-9-18(13)3/h4,6,8,13,16H,5,7,9-11H2,1-3H3. The average Bonchev–Trinajstić information content (AvgIpc) is 2.83. The number of hydrogen-bond acceptors (Lipinski definition) is 5. The zero-order valence-corrected chi connectivity index (χ0v) is 13.0. The molecule has 1 atom stereocenters. The van der Waals surface area contributed by atoms with Crippen molar-refractivity contribution in [1.29, 1.82) is 0 Å². The second-order valence-corrected chi connectivity index (χ2v) is 5.79. The van der Waals surface area contributed by atoms with Gasteiger partial charge in [0.1, 0.15) is 5.69 Å². The van der Waals surface area contributed by atoms with E-state index in [2.05, 4.69) is 29.2 Å². The van der Waals surface area contributed by atoms with Crippen LogP contribution < -0.4 is 5.32 Å². The van der Waals surface area contributed by atoms with Crippen LogP contribution in [0.3, 0.4) is 0 Å². The van der Waals surface area contributed by atoms with Crippen LogP contribution in [-0.4, -0.2) is 55.0 Å². The fourth-order valence-corrected chi connectivity index (χ4v) is 3.08. The van der Waals surface area contributed by atoms with Gasteiger partial charge in [-0.25, -0.2) is 0 Å². The molecule has 1 aromatic rings. The normalized spacial score (nSPS) is 19.1. The van der Waals surface area contributed by atoms with Gasteiger partial charge in [0.2, 0.25) is 0 Å². The SMILES string of the molecule is CNc1c(CN(C)CC2CCCN2C)cccc1[N+](=O)[O-]. The predicted octanol–water partition coefficient (Wildman–Crippen LogP) is 2.16. The topological polar surface area (TPSA) is 61.6 Å². The van der Waals surface area contributed by atoms with Gasteiger partial charge in [0, 0.05) is 32.2 Å². The zero-order valence-electron chi connectivity index (χ0n) is 13.0. The highest BCUT2D eigenvalue weighted by Crippen LogP contribution is 2.28. The molecule has 1 saturated heterocycles. The van der Waals surface area contributed by atoms with Crippen molar-refractivity contribution in [2.24, 2.45) is 0 Å². The van der Waals surface area contributed by atoms with Crippen LogP contribution in [0.1, 0.15) is 18.4 Å². The van der Waals surface area contributed by atoms with Crippen LogP contribution in [0.15, 0.2) is 18.2 Å². The molecule has 116 valence electrons. The lowest BCUT2D eigenvalue weighted by atomic mass is 10.1. The fourth-order valence-electron chi connectivity index (χ4n) is 3.08. The van der Waals surface area contributed by atoms with Crippen molar-refractivity contribution in [3.63, 3.8) is 0 Å². The van der Waals surface area contributed by atoms with E-state index in [0.29, 0.717) is 18.3 Å². The van der Waals surface area contributed by atoms with Crippen molar-refractivity contribution < 1.29 is 4.92 Å². The van der Waals surface area contributed by atoms with Gasteiger partial charge in [-0.2, -0.15) is 0 Å². The van der Waals surface area contributed by atoms with Crippen LogP contribution in [0.25, 0.3) is 0 Å². The molecule has 0 saturated carbocycles. The van der Waals surface area contributed by atoms with Crippen molar-refractivity contribution in [3.8, 4) is 0 Å². The molecule has 1 aliphatic heterocycles. The fraction of sp³-hybridized carbons (Fsp3) is 0.600. The molecule has 0 amide bonds. The van der Waals surface area contributed by atoms with Crippen LogP contribution >= 0.6 is 0 Å². The van der Waals surface area contributed by atoms with Crippen molar-refractivity contribution in [1.82, 2.24) is 9.80 Å².